The van der Waals surface area contributed by atoms with E-state index >= 15 is 0 Å². The Morgan fingerprint density at radius 1 is 1.25 bits per heavy atom. The normalized spacial score (nSPS) is 11.4. The van der Waals surface area contributed by atoms with Crippen LogP contribution in [0.4, 0.5) is 8.78 Å². The van der Waals surface area contributed by atoms with Gasteiger partial charge >= 0.3 is 6.61 Å². The number of nitrogens with zero attached hydrogens (tertiary/aromatic N) is 2. The van der Waals surface area contributed by atoms with Gasteiger partial charge in [0.1, 0.15) is 5.75 Å². The van der Waals surface area contributed by atoms with Crippen LogP contribution in [0.25, 0.3) is 0 Å². The van der Waals surface area contributed by atoms with Crippen LogP contribution in [0.15, 0.2) is 29.3 Å². The largest absolute Gasteiger partial charge is 0.434 e. The Labute approximate surface area is 159 Å². The number of para-hydroxylation sites is 1. The summed E-state index contributed by atoms with van der Waals surface area (Å²) in [6.45, 7) is 1.92. The van der Waals surface area contributed by atoms with Gasteiger partial charge in [-0.05, 0) is 40.1 Å². The second-order valence-corrected chi connectivity index (χ2v) is 5.26. The lowest BCUT2D eigenvalue weighted by molar-refractivity contribution is -0.0504. The standard InChI is InChI=1S/C16H26F2N4O.HI/c1-4-19-16(20-10-7-11-22(2)3)21-12-13-8-5-6-9-14(13)23-15(17)18;/h5-6,8-9,15H,4,7,10-12H2,1-3H3,(H2,19,20,21);1H. The van der Waals surface area contributed by atoms with Crippen molar-refractivity contribution in [2.45, 2.75) is 26.5 Å². The number of alkyl halides is 2. The third-order valence-electron chi connectivity index (χ3n) is 3.01. The SMILES string of the molecule is CCNC(=NCc1ccccc1OC(F)F)NCCCN(C)C.I. The van der Waals surface area contributed by atoms with E-state index in [1.807, 2.05) is 21.0 Å². The summed E-state index contributed by atoms with van der Waals surface area (Å²) in [5.41, 5.74) is 0.623. The van der Waals surface area contributed by atoms with Crippen LogP contribution in [-0.2, 0) is 6.54 Å². The van der Waals surface area contributed by atoms with Crippen LogP contribution in [0.1, 0.15) is 18.9 Å². The first-order chi connectivity index (χ1) is 11.0. The summed E-state index contributed by atoms with van der Waals surface area (Å²) >= 11 is 0. The van der Waals surface area contributed by atoms with Crippen LogP contribution < -0.4 is 15.4 Å². The van der Waals surface area contributed by atoms with Gasteiger partial charge in [0, 0.05) is 18.7 Å². The zero-order valence-corrected chi connectivity index (χ0v) is 16.7. The first-order valence-electron chi connectivity index (χ1n) is 7.72. The fraction of sp³-hybridized carbons (Fsp3) is 0.562. The summed E-state index contributed by atoms with van der Waals surface area (Å²) in [5, 5.41) is 6.37. The fourth-order valence-electron chi connectivity index (χ4n) is 1.95. The average Bonchev–Trinajstić information content (AvgIpc) is 2.49. The minimum Gasteiger partial charge on any atom is -0.434 e. The maximum Gasteiger partial charge on any atom is 0.387 e. The Bertz CT molecular complexity index is 487. The molecule has 0 radical (unpaired) electrons. The molecule has 0 bridgehead atoms. The molecule has 1 rings (SSSR count). The highest BCUT2D eigenvalue weighted by Crippen LogP contribution is 2.20. The molecule has 0 aliphatic heterocycles. The van der Waals surface area contributed by atoms with Gasteiger partial charge in [-0.25, -0.2) is 4.99 Å². The van der Waals surface area contributed by atoms with Gasteiger partial charge in [-0.15, -0.1) is 24.0 Å². The van der Waals surface area contributed by atoms with Gasteiger partial charge < -0.3 is 20.3 Å². The Kier molecular flexibility index (Phi) is 12.5. The van der Waals surface area contributed by atoms with E-state index in [-0.39, 0.29) is 36.3 Å². The van der Waals surface area contributed by atoms with Crippen molar-refractivity contribution in [2.24, 2.45) is 4.99 Å². The maximum atomic E-state index is 12.4. The highest BCUT2D eigenvalue weighted by Gasteiger charge is 2.08. The maximum absolute atomic E-state index is 12.4. The number of aliphatic imine (C=N–C) groups is 1. The minimum atomic E-state index is -2.84. The summed E-state index contributed by atoms with van der Waals surface area (Å²) in [6.07, 6.45) is 0.989. The molecular weight excluding hydrogens is 429 g/mol. The van der Waals surface area contributed by atoms with Gasteiger partial charge in [0.05, 0.1) is 6.54 Å². The molecule has 1 aromatic carbocycles. The van der Waals surface area contributed by atoms with Crippen LogP contribution in [0, 0.1) is 0 Å². The zero-order valence-electron chi connectivity index (χ0n) is 14.4. The molecule has 138 valence electrons. The summed E-state index contributed by atoms with van der Waals surface area (Å²) in [4.78, 5) is 6.54. The van der Waals surface area contributed by atoms with Crippen molar-refractivity contribution in [1.82, 2.24) is 15.5 Å². The van der Waals surface area contributed by atoms with E-state index in [2.05, 4.69) is 25.3 Å². The van der Waals surface area contributed by atoms with Crippen molar-refractivity contribution in [3.63, 3.8) is 0 Å². The van der Waals surface area contributed by atoms with Gasteiger partial charge in [-0.2, -0.15) is 8.78 Å². The molecule has 0 saturated heterocycles. The molecule has 8 heteroatoms. The number of benzene rings is 1. The smallest absolute Gasteiger partial charge is 0.387 e. The summed E-state index contributed by atoms with van der Waals surface area (Å²) in [7, 11) is 4.05. The molecule has 0 spiro atoms. The predicted molar refractivity (Wildman–Crippen MR) is 104 cm³/mol. The Balaban J connectivity index is 0.00000529. The molecule has 0 saturated carbocycles. The third kappa shape index (κ3) is 9.86. The van der Waals surface area contributed by atoms with Crippen molar-refractivity contribution in [1.29, 1.82) is 0 Å². The lowest BCUT2D eigenvalue weighted by atomic mass is 10.2. The van der Waals surface area contributed by atoms with Gasteiger partial charge in [-0.3, -0.25) is 0 Å². The molecular formula is C16H27F2IN4O. The molecule has 0 amide bonds. The lowest BCUT2D eigenvalue weighted by Crippen LogP contribution is -2.38. The van der Waals surface area contributed by atoms with Crippen LogP contribution in [0.5, 0.6) is 5.75 Å². The predicted octanol–water partition coefficient (Wildman–Crippen LogP) is 2.91. The van der Waals surface area contributed by atoms with Gasteiger partial charge in [-0.1, -0.05) is 18.2 Å². The lowest BCUT2D eigenvalue weighted by Gasteiger charge is -2.14. The van der Waals surface area contributed by atoms with Crippen molar-refractivity contribution >= 4 is 29.9 Å². The van der Waals surface area contributed by atoms with E-state index in [0.717, 1.165) is 26.1 Å². The van der Waals surface area contributed by atoms with Gasteiger partial charge in [0.15, 0.2) is 5.96 Å². The molecule has 1 aromatic rings. The van der Waals surface area contributed by atoms with E-state index in [0.29, 0.717) is 11.5 Å². The number of hydrogen-bond acceptors (Lipinski definition) is 3. The van der Waals surface area contributed by atoms with Gasteiger partial charge in [0.2, 0.25) is 0 Å². The Hall–Kier alpha value is -1.16. The second-order valence-electron chi connectivity index (χ2n) is 5.26. The van der Waals surface area contributed by atoms with Crippen molar-refractivity contribution < 1.29 is 13.5 Å². The average molecular weight is 456 g/mol. The van der Waals surface area contributed by atoms with E-state index in [9.17, 15) is 8.78 Å². The van der Waals surface area contributed by atoms with E-state index in [4.69, 9.17) is 0 Å². The van der Waals surface area contributed by atoms with E-state index < -0.39 is 6.61 Å². The Morgan fingerprint density at radius 2 is 1.96 bits per heavy atom. The summed E-state index contributed by atoms with van der Waals surface area (Å²) in [5.74, 6) is 0.827. The second kappa shape index (κ2) is 13.2. The van der Waals surface area contributed by atoms with E-state index in [1.54, 1.807) is 18.2 Å². The van der Waals surface area contributed by atoms with Crippen LogP contribution in [0.2, 0.25) is 0 Å². The molecule has 2 N–H and O–H groups in total. The third-order valence-corrected chi connectivity index (χ3v) is 3.01. The van der Waals surface area contributed by atoms with Crippen LogP contribution in [-0.4, -0.2) is 51.2 Å². The van der Waals surface area contributed by atoms with Crippen molar-refractivity contribution in [3.8, 4) is 5.75 Å². The first kappa shape index (κ1) is 22.8. The van der Waals surface area contributed by atoms with Crippen LogP contribution >= 0.6 is 24.0 Å². The molecule has 0 fully saturated rings. The number of hydrogen-bond donors (Lipinski definition) is 2. The number of halogens is 3. The minimum absolute atomic E-state index is 0. The molecule has 0 unspecified atom stereocenters. The molecule has 0 aromatic heterocycles. The topological polar surface area (TPSA) is 48.9 Å². The molecule has 24 heavy (non-hydrogen) atoms. The fourth-order valence-corrected chi connectivity index (χ4v) is 1.95. The van der Waals surface area contributed by atoms with Gasteiger partial charge in [0.25, 0.3) is 0 Å². The number of ether oxygens (including phenoxy) is 1. The first-order valence-corrected chi connectivity index (χ1v) is 7.72. The molecule has 0 heterocycles. The van der Waals surface area contributed by atoms with Crippen molar-refractivity contribution in [2.75, 3.05) is 33.7 Å². The highest BCUT2D eigenvalue weighted by atomic mass is 127. The molecule has 0 aliphatic rings. The van der Waals surface area contributed by atoms with Crippen molar-refractivity contribution in [3.05, 3.63) is 29.8 Å². The molecule has 0 aliphatic carbocycles. The highest BCUT2D eigenvalue weighted by molar-refractivity contribution is 14.0. The zero-order chi connectivity index (χ0) is 17.1. The summed E-state index contributed by atoms with van der Waals surface area (Å²) in [6, 6.07) is 6.70. The quantitative estimate of drug-likeness (QED) is 0.260. The van der Waals surface area contributed by atoms with Crippen LogP contribution in [0.3, 0.4) is 0 Å². The number of rotatable bonds is 9. The van der Waals surface area contributed by atoms with E-state index in [1.165, 1.54) is 6.07 Å². The molecule has 0 atom stereocenters. The summed E-state index contributed by atoms with van der Waals surface area (Å²) < 4.78 is 29.3. The Morgan fingerprint density at radius 3 is 2.58 bits per heavy atom. The monoisotopic (exact) mass is 456 g/mol. The molecule has 5 nitrogen and oxygen atoms in total. The number of guanidine groups is 1. The number of nitrogens with one attached hydrogen (secondary N) is 2.